The maximum atomic E-state index is 5.76. The second-order valence-electron chi connectivity index (χ2n) is 4.16. The molecule has 0 saturated heterocycles. The Morgan fingerprint density at radius 3 is 2.86 bits per heavy atom. The van der Waals surface area contributed by atoms with E-state index in [1.807, 2.05) is 6.92 Å². The zero-order valence-corrected chi connectivity index (χ0v) is 9.55. The molecule has 78 valence electrons. The van der Waals surface area contributed by atoms with Crippen molar-refractivity contribution in [1.82, 2.24) is 9.88 Å². The first-order valence-corrected chi connectivity index (χ1v) is 5.90. The fourth-order valence-corrected chi connectivity index (χ4v) is 2.46. The van der Waals surface area contributed by atoms with Crippen molar-refractivity contribution >= 4 is 11.3 Å². The van der Waals surface area contributed by atoms with Crippen LogP contribution < -0.4 is 5.73 Å². The predicted molar refractivity (Wildman–Crippen MR) is 59.3 cm³/mol. The molecule has 14 heavy (non-hydrogen) atoms. The predicted octanol–water partition coefficient (Wildman–Crippen LogP) is 1.37. The van der Waals surface area contributed by atoms with Gasteiger partial charge in [0.15, 0.2) is 0 Å². The molecule has 0 spiro atoms. The molecule has 0 radical (unpaired) electrons. The highest BCUT2D eigenvalue weighted by atomic mass is 32.1. The Morgan fingerprint density at radius 2 is 2.36 bits per heavy atom. The summed E-state index contributed by atoms with van der Waals surface area (Å²) in [5.74, 6) is 0. The zero-order chi connectivity index (χ0) is 10.1. The molecule has 1 aliphatic rings. The average Bonchev–Trinajstić information content (AvgIpc) is 2.45. The van der Waals surface area contributed by atoms with Gasteiger partial charge in [-0.25, -0.2) is 4.98 Å². The van der Waals surface area contributed by atoms with Gasteiger partial charge in [0.05, 0.1) is 10.7 Å². The fourth-order valence-electron chi connectivity index (χ4n) is 1.86. The van der Waals surface area contributed by atoms with Gasteiger partial charge < -0.3 is 5.73 Å². The van der Waals surface area contributed by atoms with Crippen molar-refractivity contribution < 1.29 is 0 Å². The van der Waals surface area contributed by atoms with E-state index in [1.54, 1.807) is 11.3 Å². The minimum absolute atomic E-state index is 0.430. The second-order valence-corrected chi connectivity index (χ2v) is 5.22. The summed E-state index contributed by atoms with van der Waals surface area (Å²) < 4.78 is 0. The molecule has 1 aromatic heterocycles. The molecule has 1 aromatic rings. The minimum atomic E-state index is 0.430. The van der Waals surface area contributed by atoms with Crippen LogP contribution in [0.25, 0.3) is 0 Å². The molecule has 1 aliphatic carbocycles. The molecule has 0 bridgehead atoms. The van der Waals surface area contributed by atoms with E-state index < -0.39 is 0 Å². The topological polar surface area (TPSA) is 42.2 Å². The Labute approximate surface area is 88.9 Å². The third-order valence-corrected chi connectivity index (χ3v) is 3.67. The lowest BCUT2D eigenvalue weighted by Gasteiger charge is -2.39. The van der Waals surface area contributed by atoms with Crippen molar-refractivity contribution in [2.75, 3.05) is 7.05 Å². The molecule has 1 fully saturated rings. The zero-order valence-electron chi connectivity index (χ0n) is 8.73. The summed E-state index contributed by atoms with van der Waals surface area (Å²) in [7, 11) is 2.16. The molecule has 0 unspecified atom stereocenters. The Morgan fingerprint density at radius 1 is 1.64 bits per heavy atom. The largest absolute Gasteiger partial charge is 0.328 e. The van der Waals surface area contributed by atoms with Gasteiger partial charge >= 0.3 is 0 Å². The molecule has 0 aliphatic heterocycles. The van der Waals surface area contributed by atoms with E-state index in [2.05, 4.69) is 22.3 Å². The average molecular weight is 211 g/mol. The molecule has 0 aromatic carbocycles. The van der Waals surface area contributed by atoms with Gasteiger partial charge in [-0.3, -0.25) is 4.90 Å². The second kappa shape index (κ2) is 3.96. The lowest BCUT2D eigenvalue weighted by Crippen LogP contribution is -2.48. The van der Waals surface area contributed by atoms with Gasteiger partial charge in [0.1, 0.15) is 0 Å². The van der Waals surface area contributed by atoms with Crippen molar-refractivity contribution in [2.24, 2.45) is 5.73 Å². The van der Waals surface area contributed by atoms with E-state index in [9.17, 15) is 0 Å². The van der Waals surface area contributed by atoms with Crippen LogP contribution in [0.1, 0.15) is 23.5 Å². The van der Waals surface area contributed by atoms with Crippen LogP contribution in [0.15, 0.2) is 5.38 Å². The lowest BCUT2D eigenvalue weighted by atomic mass is 9.86. The molecule has 0 atom stereocenters. The van der Waals surface area contributed by atoms with E-state index in [4.69, 9.17) is 5.73 Å². The molecule has 0 amide bonds. The van der Waals surface area contributed by atoms with Crippen LogP contribution in [-0.2, 0) is 6.54 Å². The SMILES string of the molecule is Cc1nc(CN(C)C2CC(N)C2)cs1. The van der Waals surface area contributed by atoms with Crippen molar-refractivity contribution in [3.8, 4) is 0 Å². The first-order valence-electron chi connectivity index (χ1n) is 5.02. The number of aryl methyl sites for hydroxylation is 1. The maximum Gasteiger partial charge on any atom is 0.0897 e. The van der Waals surface area contributed by atoms with Gasteiger partial charge in [-0.15, -0.1) is 11.3 Å². The molecular formula is C10H17N3S. The smallest absolute Gasteiger partial charge is 0.0897 e. The van der Waals surface area contributed by atoms with Gasteiger partial charge in [-0.2, -0.15) is 0 Å². The highest BCUT2D eigenvalue weighted by molar-refractivity contribution is 7.09. The van der Waals surface area contributed by atoms with Crippen molar-refractivity contribution in [2.45, 2.75) is 38.4 Å². The number of thiazole rings is 1. The van der Waals surface area contributed by atoms with E-state index in [0.717, 1.165) is 24.4 Å². The molecule has 4 heteroatoms. The normalized spacial score (nSPS) is 26.6. The quantitative estimate of drug-likeness (QED) is 0.821. The highest BCUT2D eigenvalue weighted by Gasteiger charge is 2.29. The molecule has 1 saturated carbocycles. The van der Waals surface area contributed by atoms with Gasteiger partial charge in [-0.1, -0.05) is 0 Å². The number of aromatic nitrogens is 1. The summed E-state index contributed by atoms with van der Waals surface area (Å²) in [5.41, 5.74) is 6.95. The molecular weight excluding hydrogens is 194 g/mol. The summed E-state index contributed by atoms with van der Waals surface area (Å²) >= 11 is 1.72. The van der Waals surface area contributed by atoms with Crippen molar-refractivity contribution in [1.29, 1.82) is 0 Å². The Hall–Kier alpha value is -0.450. The number of hydrogen-bond acceptors (Lipinski definition) is 4. The minimum Gasteiger partial charge on any atom is -0.328 e. The maximum absolute atomic E-state index is 5.76. The van der Waals surface area contributed by atoms with E-state index in [1.165, 1.54) is 5.69 Å². The fraction of sp³-hybridized carbons (Fsp3) is 0.700. The lowest BCUT2D eigenvalue weighted by molar-refractivity contribution is 0.131. The summed E-state index contributed by atoms with van der Waals surface area (Å²) in [6, 6.07) is 1.10. The van der Waals surface area contributed by atoms with Crippen LogP contribution in [0.4, 0.5) is 0 Å². The summed E-state index contributed by atoms with van der Waals surface area (Å²) in [4.78, 5) is 6.82. The number of nitrogens with two attached hydrogens (primary N) is 1. The van der Waals surface area contributed by atoms with Crippen LogP contribution in [0.3, 0.4) is 0 Å². The standard InChI is InChI=1S/C10H17N3S/c1-7-12-9(6-14-7)5-13(2)10-3-8(11)4-10/h6,8,10H,3-5,11H2,1-2H3. The first kappa shape index (κ1) is 10.1. The Bertz CT molecular complexity index is 304. The van der Waals surface area contributed by atoms with E-state index >= 15 is 0 Å². The van der Waals surface area contributed by atoms with Gasteiger partial charge in [0.25, 0.3) is 0 Å². The number of rotatable bonds is 3. The summed E-state index contributed by atoms with van der Waals surface area (Å²) in [5, 5.41) is 3.29. The van der Waals surface area contributed by atoms with Gasteiger partial charge in [0, 0.05) is 24.0 Å². The van der Waals surface area contributed by atoms with Crippen LogP contribution in [0, 0.1) is 6.92 Å². The van der Waals surface area contributed by atoms with Gasteiger partial charge in [-0.05, 0) is 26.8 Å². The van der Waals surface area contributed by atoms with Gasteiger partial charge in [0.2, 0.25) is 0 Å². The van der Waals surface area contributed by atoms with Crippen LogP contribution in [0.5, 0.6) is 0 Å². The van der Waals surface area contributed by atoms with E-state index in [0.29, 0.717) is 12.1 Å². The summed E-state index contributed by atoms with van der Waals surface area (Å²) in [6.07, 6.45) is 2.28. The molecule has 3 nitrogen and oxygen atoms in total. The third kappa shape index (κ3) is 2.13. The van der Waals surface area contributed by atoms with Crippen molar-refractivity contribution in [3.63, 3.8) is 0 Å². The number of hydrogen-bond donors (Lipinski definition) is 1. The van der Waals surface area contributed by atoms with Crippen LogP contribution >= 0.6 is 11.3 Å². The number of nitrogens with zero attached hydrogens (tertiary/aromatic N) is 2. The molecule has 2 N–H and O–H groups in total. The Balaban J connectivity index is 1.85. The monoisotopic (exact) mass is 211 g/mol. The molecule has 1 heterocycles. The molecule has 2 rings (SSSR count). The third-order valence-electron chi connectivity index (χ3n) is 2.85. The Kier molecular flexibility index (Phi) is 2.85. The highest BCUT2D eigenvalue weighted by Crippen LogP contribution is 2.24. The van der Waals surface area contributed by atoms with Crippen LogP contribution in [-0.4, -0.2) is 29.0 Å². The summed E-state index contributed by atoms with van der Waals surface area (Å²) in [6.45, 7) is 3.01. The van der Waals surface area contributed by atoms with Crippen LogP contribution in [0.2, 0.25) is 0 Å². The first-order chi connectivity index (χ1) is 6.65. The van der Waals surface area contributed by atoms with Crippen molar-refractivity contribution in [3.05, 3.63) is 16.1 Å². The van der Waals surface area contributed by atoms with E-state index in [-0.39, 0.29) is 0 Å².